The molecule has 2 saturated heterocycles. The Morgan fingerprint density at radius 1 is 0.919 bits per heavy atom. The number of nitrogens with zero attached hydrogens (tertiary/aromatic N) is 3. The van der Waals surface area contributed by atoms with E-state index in [9.17, 15) is 14.4 Å². The number of carbonyl (C=O) groups excluding carboxylic acids is 3. The number of carbonyl (C=O) groups is 3. The van der Waals surface area contributed by atoms with E-state index in [1.165, 1.54) is 11.1 Å². The normalized spacial score (nSPS) is 22.6. The standard InChI is InChI=1S/C29H34N4O4/c34-27-11-10-25(28(35)30-27)33-17-23-2-1-3-26(24(23)18-33)37-19-21-6-4-20(5-7-21)16-31-12-14-32(15-13-31)29(36)22-8-9-22/h1-7,22,25H,8-19H2,(H,30,34,35). The molecule has 3 heterocycles. The lowest BCUT2D eigenvalue weighted by Gasteiger charge is -2.35. The van der Waals surface area contributed by atoms with Gasteiger partial charge in [0.15, 0.2) is 0 Å². The minimum Gasteiger partial charge on any atom is -0.489 e. The Balaban J connectivity index is 1.01. The molecule has 2 aromatic carbocycles. The number of hydrogen-bond acceptors (Lipinski definition) is 6. The van der Waals surface area contributed by atoms with Crippen LogP contribution in [0.4, 0.5) is 0 Å². The first kappa shape index (κ1) is 24.1. The SMILES string of the molecule is O=C1CCC(N2Cc3cccc(OCc4ccc(CN5CCN(C(=O)C6CC6)CC5)cc4)c3C2)C(=O)N1. The van der Waals surface area contributed by atoms with Gasteiger partial charge >= 0.3 is 0 Å². The lowest BCUT2D eigenvalue weighted by molar-refractivity contribution is -0.138. The Hall–Kier alpha value is -3.23. The number of piperidine rings is 1. The number of fused-ring (bicyclic) bond motifs is 1. The molecule has 1 N–H and O–H groups in total. The average Bonchev–Trinajstić information content (AvgIpc) is 3.67. The van der Waals surface area contributed by atoms with E-state index in [0.29, 0.717) is 44.4 Å². The Kier molecular flexibility index (Phi) is 6.69. The van der Waals surface area contributed by atoms with E-state index in [-0.39, 0.29) is 17.9 Å². The van der Waals surface area contributed by atoms with Gasteiger partial charge in [0, 0.05) is 63.7 Å². The fourth-order valence-corrected chi connectivity index (χ4v) is 5.68. The summed E-state index contributed by atoms with van der Waals surface area (Å²) in [6.45, 7) is 6.25. The maximum Gasteiger partial charge on any atom is 0.243 e. The van der Waals surface area contributed by atoms with Gasteiger partial charge in [0.05, 0.1) is 6.04 Å². The van der Waals surface area contributed by atoms with Crippen LogP contribution in [0.1, 0.15) is 47.9 Å². The third kappa shape index (κ3) is 5.40. The largest absolute Gasteiger partial charge is 0.489 e. The minimum atomic E-state index is -0.271. The molecule has 0 bridgehead atoms. The number of hydrogen-bond donors (Lipinski definition) is 1. The zero-order chi connectivity index (χ0) is 25.4. The van der Waals surface area contributed by atoms with Gasteiger partial charge in [0.25, 0.3) is 0 Å². The molecule has 0 spiro atoms. The van der Waals surface area contributed by atoms with Crippen molar-refractivity contribution < 1.29 is 19.1 Å². The molecule has 3 amide bonds. The van der Waals surface area contributed by atoms with Crippen LogP contribution >= 0.6 is 0 Å². The monoisotopic (exact) mass is 502 g/mol. The second kappa shape index (κ2) is 10.3. The first-order valence-corrected chi connectivity index (χ1v) is 13.4. The molecule has 194 valence electrons. The maximum absolute atomic E-state index is 12.3. The molecule has 3 aliphatic heterocycles. The van der Waals surface area contributed by atoms with E-state index in [4.69, 9.17) is 4.74 Å². The average molecular weight is 503 g/mol. The number of amides is 3. The van der Waals surface area contributed by atoms with E-state index in [0.717, 1.165) is 62.4 Å². The number of rotatable bonds is 7. The molecule has 37 heavy (non-hydrogen) atoms. The summed E-state index contributed by atoms with van der Waals surface area (Å²) in [5.41, 5.74) is 4.69. The van der Waals surface area contributed by atoms with Crippen molar-refractivity contribution in [3.05, 3.63) is 64.7 Å². The van der Waals surface area contributed by atoms with Crippen molar-refractivity contribution >= 4 is 17.7 Å². The van der Waals surface area contributed by atoms with Gasteiger partial charge in [-0.25, -0.2) is 0 Å². The summed E-state index contributed by atoms with van der Waals surface area (Å²) in [4.78, 5) is 42.7. The molecular formula is C29H34N4O4. The third-order valence-electron chi connectivity index (χ3n) is 8.05. The van der Waals surface area contributed by atoms with Gasteiger partial charge in [-0.2, -0.15) is 0 Å². The van der Waals surface area contributed by atoms with Crippen LogP contribution < -0.4 is 10.1 Å². The van der Waals surface area contributed by atoms with Crippen LogP contribution in [0.3, 0.4) is 0 Å². The van der Waals surface area contributed by atoms with E-state index < -0.39 is 0 Å². The van der Waals surface area contributed by atoms with Gasteiger partial charge in [0.2, 0.25) is 17.7 Å². The van der Waals surface area contributed by atoms with Gasteiger partial charge in [-0.15, -0.1) is 0 Å². The van der Waals surface area contributed by atoms with Gasteiger partial charge in [-0.05, 0) is 42.0 Å². The van der Waals surface area contributed by atoms with Crippen molar-refractivity contribution in [2.75, 3.05) is 26.2 Å². The Bertz CT molecular complexity index is 1180. The fourth-order valence-electron chi connectivity index (χ4n) is 5.68. The Labute approximate surface area is 217 Å². The summed E-state index contributed by atoms with van der Waals surface area (Å²) < 4.78 is 6.23. The lowest BCUT2D eigenvalue weighted by atomic mass is 10.0. The highest BCUT2D eigenvalue weighted by molar-refractivity contribution is 6.00. The van der Waals surface area contributed by atoms with Crippen LogP contribution in [-0.4, -0.2) is 64.6 Å². The van der Waals surface area contributed by atoms with Crippen molar-refractivity contribution in [2.45, 2.75) is 58.0 Å². The zero-order valence-corrected chi connectivity index (χ0v) is 21.2. The van der Waals surface area contributed by atoms with E-state index in [1.807, 2.05) is 17.0 Å². The molecule has 2 aromatic rings. The highest BCUT2D eigenvalue weighted by Crippen LogP contribution is 2.34. The van der Waals surface area contributed by atoms with Gasteiger partial charge in [-0.1, -0.05) is 36.4 Å². The first-order valence-electron chi connectivity index (χ1n) is 13.4. The molecule has 1 atom stereocenters. The van der Waals surface area contributed by atoms with Gasteiger partial charge in [-0.3, -0.25) is 29.5 Å². The molecule has 1 unspecified atom stereocenters. The highest BCUT2D eigenvalue weighted by Gasteiger charge is 2.36. The molecule has 8 nitrogen and oxygen atoms in total. The lowest BCUT2D eigenvalue weighted by Crippen LogP contribution is -2.50. The van der Waals surface area contributed by atoms with Crippen LogP contribution in [0.2, 0.25) is 0 Å². The molecule has 6 rings (SSSR count). The number of piperazine rings is 1. The van der Waals surface area contributed by atoms with Crippen LogP contribution in [0, 0.1) is 5.92 Å². The maximum atomic E-state index is 12.3. The van der Waals surface area contributed by atoms with Gasteiger partial charge in [0.1, 0.15) is 12.4 Å². The number of ether oxygens (including phenoxy) is 1. The van der Waals surface area contributed by atoms with E-state index in [2.05, 4.69) is 45.4 Å². The molecule has 1 aliphatic carbocycles. The number of benzene rings is 2. The molecule has 0 radical (unpaired) electrons. The summed E-state index contributed by atoms with van der Waals surface area (Å²) in [5.74, 6) is 1.14. The molecule has 8 heteroatoms. The molecule has 4 aliphatic rings. The highest BCUT2D eigenvalue weighted by atomic mass is 16.5. The third-order valence-corrected chi connectivity index (χ3v) is 8.05. The second-order valence-electron chi connectivity index (χ2n) is 10.7. The van der Waals surface area contributed by atoms with Crippen molar-refractivity contribution in [1.82, 2.24) is 20.0 Å². The second-order valence-corrected chi connectivity index (χ2v) is 10.7. The van der Waals surface area contributed by atoms with Crippen LogP contribution in [-0.2, 0) is 40.6 Å². The fraction of sp³-hybridized carbons (Fsp3) is 0.483. The summed E-state index contributed by atoms with van der Waals surface area (Å²) in [5, 5.41) is 2.47. The summed E-state index contributed by atoms with van der Waals surface area (Å²) in [6, 6.07) is 14.4. The Morgan fingerprint density at radius 2 is 1.68 bits per heavy atom. The summed E-state index contributed by atoms with van der Waals surface area (Å²) in [6.07, 6.45) is 3.10. The predicted molar refractivity (Wildman–Crippen MR) is 137 cm³/mol. The molecule has 3 fully saturated rings. The topological polar surface area (TPSA) is 82.2 Å². The smallest absolute Gasteiger partial charge is 0.243 e. The quantitative estimate of drug-likeness (QED) is 0.586. The molecular weight excluding hydrogens is 468 g/mol. The van der Waals surface area contributed by atoms with Crippen LogP contribution in [0.5, 0.6) is 5.75 Å². The molecule has 1 saturated carbocycles. The van der Waals surface area contributed by atoms with Crippen LogP contribution in [0.15, 0.2) is 42.5 Å². The van der Waals surface area contributed by atoms with E-state index in [1.54, 1.807) is 0 Å². The molecule has 0 aromatic heterocycles. The first-order chi connectivity index (χ1) is 18.0. The van der Waals surface area contributed by atoms with Crippen LogP contribution in [0.25, 0.3) is 0 Å². The van der Waals surface area contributed by atoms with Crippen molar-refractivity contribution in [2.24, 2.45) is 5.92 Å². The number of imide groups is 1. The predicted octanol–water partition coefficient (Wildman–Crippen LogP) is 2.44. The zero-order valence-electron chi connectivity index (χ0n) is 21.2. The van der Waals surface area contributed by atoms with Gasteiger partial charge < -0.3 is 9.64 Å². The minimum absolute atomic E-state index is 0.184. The van der Waals surface area contributed by atoms with E-state index >= 15 is 0 Å². The summed E-state index contributed by atoms with van der Waals surface area (Å²) in [7, 11) is 0. The van der Waals surface area contributed by atoms with Crippen molar-refractivity contribution in [3.8, 4) is 5.75 Å². The van der Waals surface area contributed by atoms with Crippen molar-refractivity contribution in [1.29, 1.82) is 0 Å². The van der Waals surface area contributed by atoms with Crippen molar-refractivity contribution in [3.63, 3.8) is 0 Å². The number of nitrogens with one attached hydrogen (secondary N) is 1. The Morgan fingerprint density at radius 3 is 2.41 bits per heavy atom. The summed E-state index contributed by atoms with van der Waals surface area (Å²) >= 11 is 0.